The fourth-order valence-electron chi connectivity index (χ4n) is 2.40. The molecular formula is C10H18N4. The maximum Gasteiger partial charge on any atom is 0.0902 e. The molecule has 1 aliphatic rings. The van der Waals surface area contributed by atoms with E-state index in [1.807, 2.05) is 11.7 Å². The van der Waals surface area contributed by atoms with Gasteiger partial charge < -0.3 is 5.73 Å². The highest BCUT2D eigenvalue weighted by molar-refractivity contribution is 5.21. The molecule has 0 aromatic carbocycles. The van der Waals surface area contributed by atoms with Crippen molar-refractivity contribution in [1.29, 1.82) is 0 Å². The maximum absolute atomic E-state index is 5.77. The van der Waals surface area contributed by atoms with Crippen LogP contribution in [-0.2, 0) is 13.5 Å². The summed E-state index contributed by atoms with van der Waals surface area (Å²) >= 11 is 0. The van der Waals surface area contributed by atoms with Gasteiger partial charge in [-0.1, -0.05) is 19.1 Å². The van der Waals surface area contributed by atoms with E-state index in [1.165, 1.54) is 5.69 Å². The fraction of sp³-hybridized carbons (Fsp3) is 0.800. The molecule has 1 aromatic rings. The van der Waals surface area contributed by atoms with E-state index < -0.39 is 0 Å². The minimum absolute atomic E-state index is 0.326. The van der Waals surface area contributed by atoms with Crippen LogP contribution in [0.5, 0.6) is 0 Å². The van der Waals surface area contributed by atoms with E-state index in [0.29, 0.717) is 17.9 Å². The number of aryl methyl sites for hydroxylation is 1. The largest absolute Gasteiger partial charge is 0.330 e. The van der Waals surface area contributed by atoms with Crippen LogP contribution < -0.4 is 5.73 Å². The first-order valence-electron chi connectivity index (χ1n) is 5.12. The van der Waals surface area contributed by atoms with Crippen molar-refractivity contribution in [3.63, 3.8) is 0 Å². The second kappa shape index (κ2) is 3.05. The lowest BCUT2D eigenvalue weighted by atomic mass is 9.73. The van der Waals surface area contributed by atoms with E-state index in [4.69, 9.17) is 5.73 Å². The summed E-state index contributed by atoms with van der Waals surface area (Å²) in [5.74, 6) is 0.391. The lowest BCUT2D eigenvalue weighted by molar-refractivity contribution is 0.274. The number of rotatable bonds is 1. The zero-order valence-corrected chi connectivity index (χ0v) is 9.12. The highest BCUT2D eigenvalue weighted by atomic mass is 15.4. The molecule has 0 radical (unpaired) electrons. The van der Waals surface area contributed by atoms with Gasteiger partial charge in [0.05, 0.1) is 11.4 Å². The summed E-state index contributed by atoms with van der Waals surface area (Å²) in [7, 11) is 1.96. The van der Waals surface area contributed by atoms with Gasteiger partial charge in [0, 0.05) is 19.5 Å². The lowest BCUT2D eigenvalue weighted by Crippen LogP contribution is -2.30. The average molecular weight is 194 g/mol. The summed E-state index contributed by atoms with van der Waals surface area (Å²) in [5.41, 5.74) is 8.48. The highest BCUT2D eigenvalue weighted by Gasteiger charge is 2.34. The quantitative estimate of drug-likeness (QED) is 0.720. The molecule has 1 atom stereocenters. The Bertz CT molecular complexity index is 340. The Kier molecular flexibility index (Phi) is 2.10. The van der Waals surface area contributed by atoms with Crippen LogP contribution in [-0.4, -0.2) is 21.5 Å². The molecule has 4 heteroatoms. The minimum Gasteiger partial charge on any atom is -0.330 e. The number of hydrogen-bond acceptors (Lipinski definition) is 3. The molecule has 1 unspecified atom stereocenters. The molecule has 0 amide bonds. The summed E-state index contributed by atoms with van der Waals surface area (Å²) in [6.45, 7) is 5.24. The molecule has 2 rings (SSSR count). The monoisotopic (exact) mass is 194 g/mol. The normalized spacial score (nSPS) is 24.7. The van der Waals surface area contributed by atoms with Crippen LogP contribution in [0.2, 0.25) is 0 Å². The van der Waals surface area contributed by atoms with Crippen molar-refractivity contribution in [2.45, 2.75) is 32.6 Å². The number of hydrogen-bond donors (Lipinski definition) is 1. The number of aromatic nitrogens is 3. The van der Waals surface area contributed by atoms with E-state index in [9.17, 15) is 0 Å². The van der Waals surface area contributed by atoms with Gasteiger partial charge in [0.15, 0.2) is 0 Å². The molecule has 1 aromatic heterocycles. The lowest BCUT2D eigenvalue weighted by Gasteiger charge is -2.33. The first-order valence-corrected chi connectivity index (χ1v) is 5.12. The third kappa shape index (κ3) is 1.43. The van der Waals surface area contributed by atoms with E-state index in [1.54, 1.807) is 0 Å². The average Bonchev–Trinajstić information content (AvgIpc) is 2.45. The van der Waals surface area contributed by atoms with Gasteiger partial charge in [-0.2, -0.15) is 0 Å². The van der Waals surface area contributed by atoms with Crippen molar-refractivity contribution < 1.29 is 0 Å². The van der Waals surface area contributed by atoms with Crippen molar-refractivity contribution in [3.8, 4) is 0 Å². The van der Waals surface area contributed by atoms with E-state index in [-0.39, 0.29) is 0 Å². The van der Waals surface area contributed by atoms with Gasteiger partial charge in [0.2, 0.25) is 0 Å². The third-order valence-corrected chi connectivity index (χ3v) is 3.09. The molecule has 1 heterocycles. The fourth-order valence-corrected chi connectivity index (χ4v) is 2.40. The van der Waals surface area contributed by atoms with E-state index in [0.717, 1.165) is 18.5 Å². The predicted molar refractivity (Wildman–Crippen MR) is 54.9 cm³/mol. The Morgan fingerprint density at radius 2 is 2.29 bits per heavy atom. The van der Waals surface area contributed by atoms with Gasteiger partial charge in [0.25, 0.3) is 0 Å². The summed E-state index contributed by atoms with van der Waals surface area (Å²) in [6, 6.07) is 0. The standard InChI is InChI=1S/C10H18N4/c1-10(2)4-7(6-11)9-8(5-10)14(3)13-12-9/h7H,4-6,11H2,1-3H3. The molecule has 0 spiro atoms. The Balaban J connectivity index is 2.43. The maximum atomic E-state index is 5.77. The summed E-state index contributed by atoms with van der Waals surface area (Å²) < 4.78 is 1.89. The topological polar surface area (TPSA) is 56.7 Å². The first-order chi connectivity index (χ1) is 6.53. The third-order valence-electron chi connectivity index (χ3n) is 3.09. The Hall–Kier alpha value is -0.900. The summed E-state index contributed by atoms with van der Waals surface area (Å²) in [4.78, 5) is 0. The van der Waals surface area contributed by atoms with Crippen molar-refractivity contribution >= 4 is 0 Å². The van der Waals surface area contributed by atoms with Gasteiger partial charge in [-0.05, 0) is 18.3 Å². The van der Waals surface area contributed by atoms with Crippen molar-refractivity contribution in [3.05, 3.63) is 11.4 Å². The first kappa shape index (κ1) is 9.65. The molecule has 0 aliphatic heterocycles. The van der Waals surface area contributed by atoms with E-state index in [2.05, 4.69) is 24.2 Å². The predicted octanol–water partition coefficient (Wildman–Crippen LogP) is 0.830. The second-order valence-electron chi connectivity index (χ2n) is 5.02. The van der Waals surface area contributed by atoms with Crippen LogP contribution in [0.1, 0.15) is 37.6 Å². The molecule has 4 nitrogen and oxygen atoms in total. The molecule has 0 saturated carbocycles. The minimum atomic E-state index is 0.326. The van der Waals surface area contributed by atoms with Gasteiger partial charge in [-0.3, -0.25) is 4.68 Å². The van der Waals surface area contributed by atoms with Crippen molar-refractivity contribution in [2.24, 2.45) is 18.2 Å². The van der Waals surface area contributed by atoms with Gasteiger partial charge in [0.1, 0.15) is 0 Å². The highest BCUT2D eigenvalue weighted by Crippen LogP contribution is 2.40. The van der Waals surface area contributed by atoms with Crippen LogP contribution in [0, 0.1) is 5.41 Å². The van der Waals surface area contributed by atoms with Gasteiger partial charge in [-0.15, -0.1) is 5.10 Å². The zero-order chi connectivity index (χ0) is 10.3. The molecule has 1 aliphatic carbocycles. The molecule has 0 saturated heterocycles. The second-order valence-corrected chi connectivity index (χ2v) is 5.02. The van der Waals surface area contributed by atoms with E-state index >= 15 is 0 Å². The zero-order valence-electron chi connectivity index (χ0n) is 9.12. The van der Waals surface area contributed by atoms with Crippen LogP contribution >= 0.6 is 0 Å². The molecule has 0 bridgehead atoms. The molecule has 78 valence electrons. The molecule has 0 fully saturated rings. The molecule has 2 N–H and O–H groups in total. The Morgan fingerprint density at radius 3 is 2.93 bits per heavy atom. The van der Waals surface area contributed by atoms with Gasteiger partial charge >= 0.3 is 0 Å². The summed E-state index contributed by atoms with van der Waals surface area (Å²) in [6.07, 6.45) is 2.18. The van der Waals surface area contributed by atoms with Crippen LogP contribution in [0.25, 0.3) is 0 Å². The van der Waals surface area contributed by atoms with Crippen molar-refractivity contribution in [1.82, 2.24) is 15.0 Å². The molecule has 14 heavy (non-hydrogen) atoms. The smallest absolute Gasteiger partial charge is 0.0902 e. The Morgan fingerprint density at radius 1 is 1.57 bits per heavy atom. The van der Waals surface area contributed by atoms with Gasteiger partial charge in [-0.25, -0.2) is 0 Å². The van der Waals surface area contributed by atoms with Crippen LogP contribution in [0.4, 0.5) is 0 Å². The summed E-state index contributed by atoms with van der Waals surface area (Å²) in [5, 5.41) is 8.28. The van der Waals surface area contributed by atoms with Crippen LogP contribution in [0.3, 0.4) is 0 Å². The number of nitrogens with zero attached hydrogens (tertiary/aromatic N) is 3. The number of nitrogens with two attached hydrogens (primary N) is 1. The number of fused-ring (bicyclic) bond motifs is 1. The van der Waals surface area contributed by atoms with Crippen LogP contribution in [0.15, 0.2) is 0 Å². The van der Waals surface area contributed by atoms with Crippen molar-refractivity contribution in [2.75, 3.05) is 6.54 Å². The molecular weight excluding hydrogens is 176 g/mol. The Labute approximate surface area is 84.5 Å². The SMILES string of the molecule is Cn1nnc2c1CC(C)(C)CC2CN.